The van der Waals surface area contributed by atoms with Gasteiger partial charge in [-0.15, -0.1) is 0 Å². The van der Waals surface area contributed by atoms with Crippen molar-refractivity contribution in [1.82, 2.24) is 0 Å². The summed E-state index contributed by atoms with van der Waals surface area (Å²) in [6.45, 7) is 4.35. The number of fused-ring (bicyclic) bond motifs is 4. The average molecular weight is 529 g/mol. The highest BCUT2D eigenvalue weighted by Crippen LogP contribution is 2.54. The first-order valence-electron chi connectivity index (χ1n) is 14.1. The van der Waals surface area contributed by atoms with E-state index < -0.39 is 23.3 Å². The van der Waals surface area contributed by atoms with E-state index in [9.17, 15) is 4.39 Å². The normalized spacial score (nSPS) is 17.9. The lowest BCUT2D eigenvalue weighted by molar-refractivity contribution is 0.348. The summed E-state index contributed by atoms with van der Waals surface area (Å²) in [7, 11) is 0. The van der Waals surface area contributed by atoms with Crippen LogP contribution in [0.5, 0.6) is 0 Å². The molecule has 0 saturated heterocycles. The highest BCUT2D eigenvalue weighted by Gasteiger charge is 2.34. The maximum absolute atomic E-state index is 15.8. The molecule has 39 heavy (non-hydrogen) atoms. The van der Waals surface area contributed by atoms with E-state index in [1.807, 2.05) is 12.1 Å². The molecule has 0 unspecified atom stereocenters. The Morgan fingerprint density at radius 3 is 2.00 bits per heavy atom. The lowest BCUT2D eigenvalue weighted by Crippen LogP contribution is -2.10. The van der Waals surface area contributed by atoms with Crippen molar-refractivity contribution in [2.75, 3.05) is 0 Å². The van der Waals surface area contributed by atoms with Crippen LogP contribution in [-0.2, 0) is 6.42 Å². The molecule has 0 atom stereocenters. The number of unbranched alkanes of at least 4 members (excludes halogenated alkanes) is 1. The zero-order chi connectivity index (χ0) is 27.3. The van der Waals surface area contributed by atoms with Crippen LogP contribution >= 0.6 is 0 Å². The first kappa shape index (κ1) is 25.9. The lowest BCUT2D eigenvalue weighted by atomic mass is 9.76. The van der Waals surface area contributed by atoms with Crippen LogP contribution in [-0.4, -0.2) is 0 Å². The summed E-state index contributed by atoms with van der Waals surface area (Å²) >= 11 is 0. The quantitative estimate of drug-likeness (QED) is 0.192. The second-order valence-electron chi connectivity index (χ2n) is 11.3. The monoisotopic (exact) mass is 528 g/mol. The maximum atomic E-state index is 15.8. The van der Waals surface area contributed by atoms with Crippen molar-refractivity contribution in [1.29, 1.82) is 0 Å². The first-order valence-corrected chi connectivity index (χ1v) is 14.1. The SMILES string of the molecule is CCCCc1ccc(-c2cc3c(c(F)c2F)-c2c-3ccc(-c3ccc(C4CCC(C)CC4)cc3)c2F)c(F)c1. The van der Waals surface area contributed by atoms with Gasteiger partial charge >= 0.3 is 0 Å². The summed E-state index contributed by atoms with van der Waals surface area (Å²) in [6, 6.07) is 17.5. The summed E-state index contributed by atoms with van der Waals surface area (Å²) in [5.74, 6) is -2.13. The molecule has 0 heterocycles. The third kappa shape index (κ3) is 4.48. The third-order valence-corrected chi connectivity index (χ3v) is 8.74. The van der Waals surface area contributed by atoms with Crippen molar-refractivity contribution < 1.29 is 17.6 Å². The van der Waals surface area contributed by atoms with Crippen LogP contribution in [0, 0.1) is 29.2 Å². The molecule has 0 aliphatic heterocycles. The standard InChI is InChI=1S/C35H32F4/c1-3-4-5-21-8-15-26(30(36)18-21)29-19-28-27-17-16-25(33(37)31(27)32(28)35(39)34(29)38)24-13-11-23(12-14-24)22-9-6-20(2)7-10-22/h8,11-20,22H,3-7,9-10H2,1-2H3. The number of rotatable bonds is 6. The Bertz CT molecular complexity index is 1540. The van der Waals surface area contributed by atoms with Crippen molar-refractivity contribution in [3.05, 3.63) is 95.1 Å². The van der Waals surface area contributed by atoms with Gasteiger partial charge in [0.2, 0.25) is 0 Å². The molecule has 1 saturated carbocycles. The van der Waals surface area contributed by atoms with E-state index >= 15 is 13.2 Å². The van der Waals surface area contributed by atoms with Crippen molar-refractivity contribution in [3.63, 3.8) is 0 Å². The second kappa shape index (κ2) is 10.3. The van der Waals surface area contributed by atoms with Gasteiger partial charge in [0.15, 0.2) is 11.6 Å². The van der Waals surface area contributed by atoms with Gasteiger partial charge in [-0.2, -0.15) is 0 Å². The minimum absolute atomic E-state index is 0.00695. The molecular formula is C35H32F4. The Kier molecular flexibility index (Phi) is 6.82. The molecule has 6 rings (SSSR count). The van der Waals surface area contributed by atoms with E-state index in [0.717, 1.165) is 30.7 Å². The minimum Gasteiger partial charge on any atom is -0.206 e. The van der Waals surface area contributed by atoms with Gasteiger partial charge in [-0.3, -0.25) is 0 Å². The molecular weight excluding hydrogens is 496 g/mol. The molecule has 4 aromatic rings. The van der Waals surface area contributed by atoms with E-state index in [1.165, 1.54) is 49.4 Å². The van der Waals surface area contributed by atoms with E-state index in [0.29, 0.717) is 28.2 Å². The van der Waals surface area contributed by atoms with Crippen molar-refractivity contribution >= 4 is 0 Å². The highest BCUT2D eigenvalue weighted by atomic mass is 19.2. The molecule has 0 radical (unpaired) electrons. The van der Waals surface area contributed by atoms with E-state index in [-0.39, 0.29) is 22.3 Å². The molecule has 4 heteroatoms. The maximum Gasteiger partial charge on any atom is 0.168 e. The van der Waals surface area contributed by atoms with Gasteiger partial charge in [0.05, 0.1) is 0 Å². The molecule has 1 fully saturated rings. The van der Waals surface area contributed by atoms with Gasteiger partial charge in [0.1, 0.15) is 11.6 Å². The summed E-state index contributed by atoms with van der Waals surface area (Å²) in [6.07, 6.45) is 7.44. The van der Waals surface area contributed by atoms with Crippen LogP contribution in [0.15, 0.2) is 60.7 Å². The van der Waals surface area contributed by atoms with E-state index in [2.05, 4.69) is 26.0 Å². The Morgan fingerprint density at radius 1 is 0.641 bits per heavy atom. The molecule has 0 amide bonds. The first-order chi connectivity index (χ1) is 18.9. The van der Waals surface area contributed by atoms with Crippen LogP contribution in [0.3, 0.4) is 0 Å². The molecule has 0 nitrogen and oxygen atoms in total. The van der Waals surface area contributed by atoms with Crippen LogP contribution in [0.1, 0.15) is 69.4 Å². The predicted octanol–water partition coefficient (Wildman–Crippen LogP) is 10.9. The summed E-state index contributed by atoms with van der Waals surface area (Å²) in [4.78, 5) is 0. The van der Waals surface area contributed by atoms with Gasteiger partial charge in [-0.25, -0.2) is 17.6 Å². The van der Waals surface area contributed by atoms with Crippen LogP contribution in [0.25, 0.3) is 44.5 Å². The Morgan fingerprint density at radius 2 is 1.31 bits per heavy atom. The molecule has 0 bridgehead atoms. The zero-order valence-electron chi connectivity index (χ0n) is 22.4. The minimum atomic E-state index is -1.16. The highest BCUT2D eigenvalue weighted by molar-refractivity contribution is 6.05. The fourth-order valence-corrected chi connectivity index (χ4v) is 6.33. The van der Waals surface area contributed by atoms with Crippen LogP contribution in [0.2, 0.25) is 0 Å². The van der Waals surface area contributed by atoms with Crippen LogP contribution < -0.4 is 0 Å². The molecule has 0 N–H and O–H groups in total. The Balaban J connectivity index is 1.32. The number of hydrogen-bond acceptors (Lipinski definition) is 0. The summed E-state index contributed by atoms with van der Waals surface area (Å²) in [5, 5.41) is 0. The Labute approximate surface area is 227 Å². The van der Waals surface area contributed by atoms with Crippen molar-refractivity contribution in [3.8, 4) is 44.5 Å². The molecule has 4 aromatic carbocycles. The van der Waals surface area contributed by atoms with Gasteiger partial charge in [-0.1, -0.05) is 81.6 Å². The number of hydrogen-bond donors (Lipinski definition) is 0. The zero-order valence-corrected chi connectivity index (χ0v) is 22.4. The third-order valence-electron chi connectivity index (χ3n) is 8.74. The topological polar surface area (TPSA) is 0 Å². The molecule has 200 valence electrons. The molecule has 2 aliphatic rings. The van der Waals surface area contributed by atoms with E-state index in [1.54, 1.807) is 18.2 Å². The summed E-state index contributed by atoms with van der Waals surface area (Å²) < 4.78 is 61.4. The second-order valence-corrected chi connectivity index (χ2v) is 11.3. The predicted molar refractivity (Wildman–Crippen MR) is 151 cm³/mol. The van der Waals surface area contributed by atoms with Gasteiger partial charge in [0, 0.05) is 27.8 Å². The van der Waals surface area contributed by atoms with Crippen molar-refractivity contribution in [2.45, 2.75) is 64.7 Å². The summed E-state index contributed by atoms with van der Waals surface area (Å²) in [5.41, 5.74) is 3.96. The van der Waals surface area contributed by atoms with E-state index in [4.69, 9.17) is 0 Å². The lowest BCUT2D eigenvalue weighted by Gasteiger charge is -2.28. The van der Waals surface area contributed by atoms with Gasteiger partial charge < -0.3 is 0 Å². The molecule has 0 spiro atoms. The average Bonchev–Trinajstić information content (AvgIpc) is 2.93. The molecule has 2 aliphatic carbocycles. The molecule has 0 aromatic heterocycles. The van der Waals surface area contributed by atoms with Crippen molar-refractivity contribution in [2.24, 2.45) is 5.92 Å². The van der Waals surface area contributed by atoms with Gasteiger partial charge in [0.25, 0.3) is 0 Å². The largest absolute Gasteiger partial charge is 0.206 e. The Hall–Kier alpha value is -3.40. The smallest absolute Gasteiger partial charge is 0.168 e. The fourth-order valence-electron chi connectivity index (χ4n) is 6.33. The fraction of sp³-hybridized carbons (Fsp3) is 0.314. The van der Waals surface area contributed by atoms with Gasteiger partial charge in [-0.05, 0) is 77.5 Å². The van der Waals surface area contributed by atoms with Crippen LogP contribution in [0.4, 0.5) is 17.6 Å². The number of aryl methyl sites for hydroxylation is 1. The number of halogens is 4. The number of benzene rings is 4.